The Labute approximate surface area is 101 Å². The highest BCUT2D eigenvalue weighted by Gasteiger charge is 2.29. The molecule has 0 aromatic heterocycles. The van der Waals surface area contributed by atoms with E-state index < -0.39 is 15.4 Å². The Morgan fingerprint density at radius 3 is 2.35 bits per heavy atom. The largest absolute Gasteiger partial charge is 0.508 e. The average molecular weight is 259 g/mol. The number of aromatic hydroxyl groups is 2. The van der Waals surface area contributed by atoms with Crippen molar-refractivity contribution >= 4 is 10.0 Å². The quantitative estimate of drug-likeness (QED) is 0.750. The van der Waals surface area contributed by atoms with E-state index in [4.69, 9.17) is 0 Å². The van der Waals surface area contributed by atoms with Gasteiger partial charge in [-0.2, -0.15) is 0 Å². The van der Waals surface area contributed by atoms with Crippen molar-refractivity contribution in [3.63, 3.8) is 0 Å². The van der Waals surface area contributed by atoms with Crippen LogP contribution >= 0.6 is 0 Å². The second-order valence-electron chi connectivity index (χ2n) is 4.55. The third-order valence-electron chi connectivity index (χ3n) is 2.57. The first-order valence-electron chi connectivity index (χ1n) is 5.11. The van der Waals surface area contributed by atoms with E-state index in [0.29, 0.717) is 5.56 Å². The molecule has 5 nitrogen and oxygen atoms in total. The van der Waals surface area contributed by atoms with Crippen LogP contribution in [0.15, 0.2) is 18.2 Å². The SMILES string of the molecule is CNS(=O)(=O)CC(C)(C)c1ccc(O)cc1O. The smallest absolute Gasteiger partial charge is 0.212 e. The summed E-state index contributed by atoms with van der Waals surface area (Å²) in [6.45, 7) is 3.43. The van der Waals surface area contributed by atoms with Crippen molar-refractivity contribution < 1.29 is 18.6 Å². The molecule has 0 aliphatic carbocycles. The molecule has 1 rings (SSSR count). The number of phenols is 2. The lowest BCUT2D eigenvalue weighted by molar-refractivity contribution is 0.431. The Hall–Kier alpha value is -1.27. The van der Waals surface area contributed by atoms with Crippen LogP contribution in [0.4, 0.5) is 0 Å². The fraction of sp³-hybridized carbons (Fsp3) is 0.455. The van der Waals surface area contributed by atoms with Crippen molar-refractivity contribution in [1.29, 1.82) is 0 Å². The number of phenolic OH excluding ortho intramolecular Hbond substituents is 2. The van der Waals surface area contributed by atoms with E-state index >= 15 is 0 Å². The molecule has 1 aromatic carbocycles. The molecule has 0 saturated carbocycles. The van der Waals surface area contributed by atoms with E-state index in [-0.39, 0.29) is 17.3 Å². The molecule has 0 aliphatic rings. The van der Waals surface area contributed by atoms with Gasteiger partial charge in [0.2, 0.25) is 10.0 Å². The summed E-state index contributed by atoms with van der Waals surface area (Å²) in [6.07, 6.45) is 0. The Balaban J connectivity index is 3.13. The maximum Gasteiger partial charge on any atom is 0.212 e. The van der Waals surface area contributed by atoms with Crippen LogP contribution in [0.5, 0.6) is 11.5 Å². The number of sulfonamides is 1. The maximum atomic E-state index is 11.5. The van der Waals surface area contributed by atoms with Gasteiger partial charge in [0.05, 0.1) is 5.75 Å². The van der Waals surface area contributed by atoms with Crippen LogP contribution in [-0.2, 0) is 15.4 Å². The van der Waals surface area contributed by atoms with Crippen molar-refractivity contribution in [1.82, 2.24) is 4.72 Å². The van der Waals surface area contributed by atoms with Crippen molar-refractivity contribution in [3.8, 4) is 11.5 Å². The second-order valence-corrected chi connectivity index (χ2v) is 6.47. The summed E-state index contributed by atoms with van der Waals surface area (Å²) in [5.41, 5.74) is -0.270. The number of nitrogens with one attached hydrogen (secondary N) is 1. The first-order valence-corrected chi connectivity index (χ1v) is 6.77. The van der Waals surface area contributed by atoms with Crippen LogP contribution in [0.1, 0.15) is 19.4 Å². The van der Waals surface area contributed by atoms with Gasteiger partial charge >= 0.3 is 0 Å². The molecule has 0 amide bonds. The Bertz CT molecular complexity index is 508. The van der Waals surface area contributed by atoms with Gasteiger partial charge in [0.1, 0.15) is 11.5 Å². The van der Waals surface area contributed by atoms with Gasteiger partial charge < -0.3 is 10.2 Å². The molecule has 0 fully saturated rings. The lowest BCUT2D eigenvalue weighted by Crippen LogP contribution is -2.34. The van der Waals surface area contributed by atoms with Gasteiger partial charge in [-0.05, 0) is 13.1 Å². The molecular formula is C11H17NO4S. The molecule has 0 aliphatic heterocycles. The summed E-state index contributed by atoms with van der Waals surface area (Å²) in [5.74, 6) is -0.311. The summed E-state index contributed by atoms with van der Waals surface area (Å²) in [4.78, 5) is 0. The van der Waals surface area contributed by atoms with Crippen molar-refractivity contribution in [2.24, 2.45) is 0 Å². The van der Waals surface area contributed by atoms with E-state index in [2.05, 4.69) is 4.72 Å². The summed E-state index contributed by atoms with van der Waals surface area (Å²) < 4.78 is 25.3. The van der Waals surface area contributed by atoms with Crippen LogP contribution in [0.2, 0.25) is 0 Å². The lowest BCUT2D eigenvalue weighted by Gasteiger charge is -2.25. The summed E-state index contributed by atoms with van der Waals surface area (Å²) in [6, 6.07) is 4.14. The highest BCUT2D eigenvalue weighted by Crippen LogP contribution is 2.34. The van der Waals surface area contributed by atoms with Gasteiger partial charge in [-0.1, -0.05) is 19.9 Å². The van der Waals surface area contributed by atoms with E-state index in [1.807, 2.05) is 0 Å². The van der Waals surface area contributed by atoms with E-state index in [1.165, 1.54) is 25.2 Å². The van der Waals surface area contributed by atoms with Gasteiger partial charge in [-0.25, -0.2) is 13.1 Å². The number of benzene rings is 1. The van der Waals surface area contributed by atoms with Crippen molar-refractivity contribution in [2.45, 2.75) is 19.3 Å². The highest BCUT2D eigenvalue weighted by molar-refractivity contribution is 7.89. The highest BCUT2D eigenvalue weighted by atomic mass is 32.2. The number of rotatable bonds is 4. The fourth-order valence-corrected chi connectivity index (χ4v) is 2.97. The Kier molecular flexibility index (Phi) is 3.68. The van der Waals surface area contributed by atoms with E-state index in [0.717, 1.165) is 0 Å². The molecule has 1 aromatic rings. The molecule has 0 saturated heterocycles. The molecule has 0 spiro atoms. The average Bonchev–Trinajstić information content (AvgIpc) is 2.15. The Morgan fingerprint density at radius 2 is 1.88 bits per heavy atom. The van der Waals surface area contributed by atoms with E-state index in [9.17, 15) is 18.6 Å². The molecule has 0 radical (unpaired) electrons. The first kappa shape index (κ1) is 13.8. The standard InChI is InChI=1S/C11H17NO4S/c1-11(2,7-17(15,16)12-3)9-5-4-8(13)6-10(9)14/h4-6,12-14H,7H2,1-3H3. The molecule has 0 atom stereocenters. The monoisotopic (exact) mass is 259 g/mol. The molecule has 0 heterocycles. The summed E-state index contributed by atoms with van der Waals surface area (Å²) in [5, 5.41) is 18.9. The minimum Gasteiger partial charge on any atom is -0.508 e. The third kappa shape index (κ3) is 3.34. The van der Waals surface area contributed by atoms with Crippen LogP contribution in [0, 0.1) is 0 Å². The molecule has 96 valence electrons. The predicted octanol–water partition coefficient (Wildman–Crippen LogP) is 0.925. The zero-order chi connectivity index (χ0) is 13.3. The zero-order valence-electron chi connectivity index (χ0n) is 10.1. The van der Waals surface area contributed by atoms with Crippen LogP contribution in [0.25, 0.3) is 0 Å². The Morgan fingerprint density at radius 1 is 1.29 bits per heavy atom. The molecule has 17 heavy (non-hydrogen) atoms. The van der Waals surface area contributed by atoms with Gasteiger partial charge in [-0.15, -0.1) is 0 Å². The van der Waals surface area contributed by atoms with Crippen LogP contribution in [0.3, 0.4) is 0 Å². The van der Waals surface area contributed by atoms with Crippen molar-refractivity contribution in [2.75, 3.05) is 12.8 Å². The summed E-state index contributed by atoms with van der Waals surface area (Å²) in [7, 11) is -2.03. The van der Waals surface area contributed by atoms with Gasteiger partial charge in [0.25, 0.3) is 0 Å². The van der Waals surface area contributed by atoms with Crippen LogP contribution in [-0.4, -0.2) is 31.4 Å². The molecule has 6 heteroatoms. The predicted molar refractivity (Wildman–Crippen MR) is 65.6 cm³/mol. The normalized spacial score (nSPS) is 12.6. The van der Waals surface area contributed by atoms with Gasteiger partial charge in [0.15, 0.2) is 0 Å². The van der Waals surface area contributed by atoms with Gasteiger partial charge in [0, 0.05) is 17.0 Å². The minimum absolute atomic E-state index is 0.0569. The lowest BCUT2D eigenvalue weighted by atomic mass is 9.86. The number of hydrogen-bond acceptors (Lipinski definition) is 4. The minimum atomic E-state index is -3.38. The number of hydrogen-bond donors (Lipinski definition) is 3. The molecular weight excluding hydrogens is 242 g/mol. The first-order chi connectivity index (χ1) is 7.68. The second kappa shape index (κ2) is 4.54. The molecule has 0 unspecified atom stereocenters. The third-order valence-corrected chi connectivity index (χ3v) is 4.30. The zero-order valence-corrected chi connectivity index (χ0v) is 10.9. The fourth-order valence-electron chi connectivity index (χ4n) is 1.72. The van der Waals surface area contributed by atoms with Crippen molar-refractivity contribution in [3.05, 3.63) is 23.8 Å². The van der Waals surface area contributed by atoms with Crippen LogP contribution < -0.4 is 4.72 Å². The maximum absolute atomic E-state index is 11.5. The van der Waals surface area contributed by atoms with Gasteiger partial charge in [-0.3, -0.25) is 0 Å². The summed E-state index contributed by atoms with van der Waals surface area (Å²) >= 11 is 0. The van der Waals surface area contributed by atoms with E-state index in [1.54, 1.807) is 13.8 Å². The topological polar surface area (TPSA) is 86.6 Å². The molecule has 3 N–H and O–H groups in total. The molecule has 0 bridgehead atoms.